The number of ether oxygens (including phenoxy) is 2. The second-order valence-corrected chi connectivity index (χ2v) is 6.84. The van der Waals surface area contributed by atoms with Gasteiger partial charge >= 0.3 is 0 Å². The van der Waals surface area contributed by atoms with Gasteiger partial charge in [-0.3, -0.25) is 0 Å². The molecule has 1 N–H and O–H groups in total. The first-order chi connectivity index (χ1) is 10.1. The van der Waals surface area contributed by atoms with Crippen LogP contribution in [0.3, 0.4) is 0 Å². The van der Waals surface area contributed by atoms with E-state index in [1.54, 1.807) is 0 Å². The van der Waals surface area contributed by atoms with E-state index in [9.17, 15) is 0 Å². The number of rotatable bonds is 3. The molecule has 0 radical (unpaired) electrons. The first-order valence-electron chi connectivity index (χ1n) is 6.01. The Morgan fingerprint density at radius 3 is 2.48 bits per heavy atom. The van der Waals surface area contributed by atoms with E-state index in [2.05, 4.69) is 37.2 Å². The highest BCUT2D eigenvalue weighted by Crippen LogP contribution is 2.38. The molecule has 0 unspecified atom stereocenters. The van der Waals surface area contributed by atoms with Crippen LogP contribution in [-0.2, 0) is 6.54 Å². The topological polar surface area (TPSA) is 30.5 Å². The predicted molar refractivity (Wildman–Crippen MR) is 91.8 cm³/mol. The third-order valence-corrected chi connectivity index (χ3v) is 5.56. The lowest BCUT2D eigenvalue weighted by atomic mass is 10.2. The summed E-state index contributed by atoms with van der Waals surface area (Å²) in [5.41, 5.74) is 1.81. The molecule has 3 nitrogen and oxygen atoms in total. The first-order valence-corrected chi connectivity index (χ1v) is 8.36. The molecule has 21 heavy (non-hydrogen) atoms. The van der Waals surface area contributed by atoms with Crippen molar-refractivity contribution in [1.29, 1.82) is 0 Å². The maximum Gasteiger partial charge on any atom is 0.231 e. The second-order valence-electron chi connectivity index (χ2n) is 4.37. The zero-order valence-electron chi connectivity index (χ0n) is 10.6. The van der Waals surface area contributed by atoms with Crippen LogP contribution < -0.4 is 14.8 Å². The molecule has 3 rings (SSSR count). The van der Waals surface area contributed by atoms with Crippen LogP contribution in [0.2, 0.25) is 10.0 Å². The van der Waals surface area contributed by atoms with E-state index in [1.165, 1.54) is 0 Å². The van der Waals surface area contributed by atoms with Gasteiger partial charge in [0.05, 0.1) is 15.7 Å². The Kier molecular flexibility index (Phi) is 4.54. The minimum Gasteiger partial charge on any atom is -0.454 e. The van der Waals surface area contributed by atoms with Crippen molar-refractivity contribution >= 4 is 60.7 Å². The summed E-state index contributed by atoms with van der Waals surface area (Å²) in [6.07, 6.45) is 0. The summed E-state index contributed by atoms with van der Waals surface area (Å²) in [7, 11) is 0. The molecule has 7 heteroatoms. The summed E-state index contributed by atoms with van der Waals surface area (Å²) >= 11 is 19.2. The molecule has 0 bridgehead atoms. The highest BCUT2D eigenvalue weighted by atomic mass is 79.9. The molecule has 1 aliphatic rings. The van der Waals surface area contributed by atoms with Crippen LogP contribution in [0.5, 0.6) is 11.5 Å². The first kappa shape index (κ1) is 15.3. The van der Waals surface area contributed by atoms with Crippen molar-refractivity contribution in [3.63, 3.8) is 0 Å². The Hall–Kier alpha value is -0.620. The zero-order chi connectivity index (χ0) is 15.0. The average molecular weight is 454 g/mol. The lowest BCUT2D eigenvalue weighted by Crippen LogP contribution is -2.01. The van der Waals surface area contributed by atoms with E-state index in [1.807, 2.05) is 24.3 Å². The Morgan fingerprint density at radius 2 is 1.71 bits per heavy atom. The molecule has 1 heterocycles. The largest absolute Gasteiger partial charge is 0.454 e. The zero-order valence-corrected chi connectivity index (χ0v) is 15.2. The standard InChI is InChI=1S/C14H9Br2Cl2NO2/c15-8-1-2-10(14(18)13(8)17)19-5-7-3-11-12(4-9(7)16)21-6-20-11/h1-4,19H,5-6H2. The van der Waals surface area contributed by atoms with Crippen molar-refractivity contribution in [3.05, 3.63) is 48.8 Å². The normalized spacial score (nSPS) is 12.6. The van der Waals surface area contributed by atoms with Crippen molar-refractivity contribution in [2.75, 3.05) is 12.1 Å². The maximum atomic E-state index is 6.22. The Labute approximate surface area is 148 Å². The van der Waals surface area contributed by atoms with E-state index in [0.717, 1.165) is 31.7 Å². The van der Waals surface area contributed by atoms with E-state index in [-0.39, 0.29) is 6.79 Å². The molecule has 0 aromatic heterocycles. The summed E-state index contributed by atoms with van der Waals surface area (Å²) in [5.74, 6) is 1.49. The molecule has 1 aliphatic heterocycles. The van der Waals surface area contributed by atoms with E-state index < -0.39 is 0 Å². The number of nitrogens with one attached hydrogen (secondary N) is 1. The lowest BCUT2D eigenvalue weighted by Gasteiger charge is -2.12. The number of fused-ring (bicyclic) bond motifs is 1. The van der Waals surface area contributed by atoms with Crippen LogP contribution in [0, 0.1) is 0 Å². The molecule has 110 valence electrons. The van der Waals surface area contributed by atoms with E-state index in [0.29, 0.717) is 16.6 Å². The van der Waals surface area contributed by atoms with Gasteiger partial charge in [-0.1, -0.05) is 39.1 Å². The summed E-state index contributed by atoms with van der Waals surface area (Å²) in [5, 5.41) is 4.25. The monoisotopic (exact) mass is 451 g/mol. The lowest BCUT2D eigenvalue weighted by molar-refractivity contribution is 0.174. The summed E-state index contributed by atoms with van der Waals surface area (Å²) in [6.45, 7) is 0.835. The molecule has 0 spiro atoms. The molecular weight excluding hydrogens is 445 g/mol. The van der Waals surface area contributed by atoms with Gasteiger partial charge < -0.3 is 14.8 Å². The van der Waals surface area contributed by atoms with Crippen LogP contribution in [-0.4, -0.2) is 6.79 Å². The molecular formula is C14H9Br2Cl2NO2. The second kappa shape index (κ2) is 6.24. The predicted octanol–water partition coefficient (Wildman–Crippen LogP) is 5.86. The molecule has 2 aromatic carbocycles. The van der Waals surface area contributed by atoms with Gasteiger partial charge in [-0.05, 0) is 45.8 Å². The Morgan fingerprint density at radius 1 is 1.00 bits per heavy atom. The molecule has 0 saturated heterocycles. The minimum absolute atomic E-state index is 0.257. The van der Waals surface area contributed by atoms with Crippen LogP contribution in [0.4, 0.5) is 5.69 Å². The van der Waals surface area contributed by atoms with Gasteiger partial charge in [0.25, 0.3) is 0 Å². The van der Waals surface area contributed by atoms with Crippen molar-refractivity contribution in [3.8, 4) is 11.5 Å². The van der Waals surface area contributed by atoms with Crippen LogP contribution >= 0.6 is 55.1 Å². The quantitative estimate of drug-likeness (QED) is 0.590. The fraction of sp³-hybridized carbons (Fsp3) is 0.143. The van der Waals surface area contributed by atoms with Crippen molar-refractivity contribution in [2.24, 2.45) is 0 Å². The highest BCUT2D eigenvalue weighted by Gasteiger charge is 2.16. The number of hydrogen-bond donors (Lipinski definition) is 1. The van der Waals surface area contributed by atoms with Crippen molar-refractivity contribution < 1.29 is 9.47 Å². The summed E-state index contributed by atoms with van der Waals surface area (Å²) in [6, 6.07) is 7.56. The molecule has 0 fully saturated rings. The number of anilines is 1. The molecule has 2 aromatic rings. The smallest absolute Gasteiger partial charge is 0.231 e. The van der Waals surface area contributed by atoms with Gasteiger partial charge in [-0.25, -0.2) is 0 Å². The molecule has 0 amide bonds. The molecule has 0 aliphatic carbocycles. The Balaban J connectivity index is 1.81. The number of hydrogen-bond acceptors (Lipinski definition) is 3. The number of benzene rings is 2. The third kappa shape index (κ3) is 3.11. The van der Waals surface area contributed by atoms with Gasteiger partial charge in [-0.15, -0.1) is 0 Å². The van der Waals surface area contributed by atoms with Crippen LogP contribution in [0.1, 0.15) is 5.56 Å². The SMILES string of the molecule is Clc1c(Br)ccc(NCc2cc3c(cc2Br)OCO3)c1Cl. The number of halogens is 4. The third-order valence-electron chi connectivity index (χ3n) is 3.05. The average Bonchev–Trinajstić information content (AvgIpc) is 2.91. The minimum atomic E-state index is 0.257. The van der Waals surface area contributed by atoms with Crippen LogP contribution in [0.25, 0.3) is 0 Å². The van der Waals surface area contributed by atoms with E-state index >= 15 is 0 Å². The van der Waals surface area contributed by atoms with Gasteiger partial charge in [0, 0.05) is 15.5 Å². The van der Waals surface area contributed by atoms with E-state index in [4.69, 9.17) is 32.7 Å². The molecule has 0 saturated carbocycles. The van der Waals surface area contributed by atoms with Gasteiger partial charge in [0.2, 0.25) is 6.79 Å². The Bertz CT molecular complexity index is 710. The highest BCUT2D eigenvalue weighted by molar-refractivity contribution is 9.10. The fourth-order valence-corrected chi connectivity index (χ4v) is 3.25. The van der Waals surface area contributed by atoms with Crippen LogP contribution in [0.15, 0.2) is 33.2 Å². The summed E-state index contributed by atoms with van der Waals surface area (Å²) in [4.78, 5) is 0. The fourth-order valence-electron chi connectivity index (χ4n) is 1.95. The van der Waals surface area contributed by atoms with Gasteiger partial charge in [-0.2, -0.15) is 0 Å². The van der Waals surface area contributed by atoms with Crippen molar-refractivity contribution in [1.82, 2.24) is 0 Å². The molecule has 0 atom stereocenters. The van der Waals surface area contributed by atoms with Gasteiger partial charge in [0.15, 0.2) is 11.5 Å². The summed E-state index contributed by atoms with van der Waals surface area (Å²) < 4.78 is 12.4. The van der Waals surface area contributed by atoms with Gasteiger partial charge in [0.1, 0.15) is 0 Å². The van der Waals surface area contributed by atoms with Crippen molar-refractivity contribution in [2.45, 2.75) is 6.54 Å². The maximum absolute atomic E-state index is 6.22.